The Bertz CT molecular complexity index is 1480. The minimum Gasteiger partial charge on any atom is -0.493 e. The second kappa shape index (κ2) is 11.4. The molecule has 1 amide bonds. The van der Waals surface area contributed by atoms with Crippen molar-refractivity contribution >= 4 is 16.7 Å². The number of benzene rings is 2. The first-order valence-electron chi connectivity index (χ1n) is 12.6. The lowest BCUT2D eigenvalue weighted by molar-refractivity contribution is -0.133. The molecule has 38 heavy (non-hydrogen) atoms. The first kappa shape index (κ1) is 25.4. The Morgan fingerprint density at radius 3 is 2.63 bits per heavy atom. The number of hydrogen-bond donors (Lipinski definition) is 0. The Labute approximate surface area is 220 Å². The van der Waals surface area contributed by atoms with Crippen molar-refractivity contribution in [3.8, 4) is 11.5 Å². The number of aromatic nitrogens is 3. The highest BCUT2D eigenvalue weighted by atomic mass is 16.6. The molecule has 0 saturated carbocycles. The molecular formula is C29H30N4O5. The van der Waals surface area contributed by atoms with E-state index in [2.05, 4.69) is 10.1 Å². The molecule has 1 aliphatic rings. The standard InChI is InChI=1S/C29H30N4O5/c1-20-24-7-3-4-8-25(24)29(35)33(31-20)18-28(34)32(17-22-6-5-12-30-15-22)16-21-9-10-26(27(14-21)36-2)38-23-11-13-37-19-23/h3-10,12,14-15,23H,11,13,16-19H2,1-2H3/t23-/m0/s1. The number of ether oxygens (including phenoxy) is 3. The predicted molar refractivity (Wildman–Crippen MR) is 142 cm³/mol. The van der Waals surface area contributed by atoms with Gasteiger partial charge in [-0.1, -0.05) is 30.3 Å². The normalized spacial score (nSPS) is 14.9. The summed E-state index contributed by atoms with van der Waals surface area (Å²) in [6.07, 6.45) is 4.25. The van der Waals surface area contributed by atoms with Crippen LogP contribution < -0.4 is 15.0 Å². The van der Waals surface area contributed by atoms with E-state index in [4.69, 9.17) is 14.2 Å². The molecule has 0 bridgehead atoms. The van der Waals surface area contributed by atoms with Crippen LogP contribution in [0.4, 0.5) is 0 Å². The zero-order valence-electron chi connectivity index (χ0n) is 21.5. The molecule has 0 spiro atoms. The number of carbonyl (C=O) groups is 1. The van der Waals surface area contributed by atoms with Gasteiger partial charge in [-0.05, 0) is 42.3 Å². The van der Waals surface area contributed by atoms with E-state index in [1.165, 1.54) is 4.68 Å². The molecule has 0 N–H and O–H groups in total. The van der Waals surface area contributed by atoms with E-state index < -0.39 is 0 Å². The molecule has 0 radical (unpaired) electrons. The predicted octanol–water partition coefficient (Wildman–Crippen LogP) is 3.51. The Morgan fingerprint density at radius 2 is 1.89 bits per heavy atom. The number of nitrogens with zero attached hydrogens (tertiary/aromatic N) is 4. The summed E-state index contributed by atoms with van der Waals surface area (Å²) in [6.45, 7) is 3.53. The van der Waals surface area contributed by atoms with Crippen LogP contribution in [0.25, 0.3) is 10.8 Å². The fourth-order valence-electron chi connectivity index (χ4n) is 4.60. The number of pyridine rings is 1. The van der Waals surface area contributed by atoms with Crippen molar-refractivity contribution in [1.29, 1.82) is 0 Å². The van der Waals surface area contributed by atoms with E-state index >= 15 is 0 Å². The van der Waals surface area contributed by atoms with Gasteiger partial charge in [-0.3, -0.25) is 14.6 Å². The highest BCUT2D eigenvalue weighted by Crippen LogP contribution is 2.31. The number of fused-ring (bicyclic) bond motifs is 1. The monoisotopic (exact) mass is 514 g/mol. The lowest BCUT2D eigenvalue weighted by Crippen LogP contribution is -2.37. The maximum Gasteiger partial charge on any atom is 0.275 e. The third-order valence-electron chi connectivity index (χ3n) is 6.57. The highest BCUT2D eigenvalue weighted by molar-refractivity contribution is 5.83. The second-order valence-electron chi connectivity index (χ2n) is 9.29. The Hall–Kier alpha value is -4.24. The molecule has 2 aromatic carbocycles. The van der Waals surface area contributed by atoms with E-state index in [1.807, 2.05) is 55.5 Å². The molecule has 2 aromatic heterocycles. The van der Waals surface area contributed by atoms with Crippen molar-refractivity contribution in [3.63, 3.8) is 0 Å². The zero-order chi connectivity index (χ0) is 26.5. The smallest absolute Gasteiger partial charge is 0.275 e. The molecule has 1 fully saturated rings. The van der Waals surface area contributed by atoms with E-state index in [0.717, 1.165) is 22.9 Å². The van der Waals surface area contributed by atoms with Gasteiger partial charge in [-0.2, -0.15) is 5.10 Å². The van der Waals surface area contributed by atoms with Gasteiger partial charge >= 0.3 is 0 Å². The third-order valence-corrected chi connectivity index (χ3v) is 6.57. The molecule has 0 aliphatic carbocycles. The third kappa shape index (κ3) is 5.68. The molecule has 196 valence electrons. The van der Waals surface area contributed by atoms with Crippen LogP contribution in [0.3, 0.4) is 0 Å². The topological polar surface area (TPSA) is 95.8 Å². The minimum atomic E-state index is -0.292. The summed E-state index contributed by atoms with van der Waals surface area (Å²) < 4.78 is 18.3. The van der Waals surface area contributed by atoms with Crippen molar-refractivity contribution in [2.45, 2.75) is 39.1 Å². The van der Waals surface area contributed by atoms with Gasteiger partial charge in [0.1, 0.15) is 12.6 Å². The van der Waals surface area contributed by atoms with Crippen LogP contribution in [0.2, 0.25) is 0 Å². The molecule has 1 aliphatic heterocycles. The van der Waals surface area contributed by atoms with Gasteiger partial charge in [0, 0.05) is 37.3 Å². The van der Waals surface area contributed by atoms with Crippen molar-refractivity contribution in [2.75, 3.05) is 20.3 Å². The largest absolute Gasteiger partial charge is 0.493 e. The van der Waals surface area contributed by atoms with Gasteiger partial charge in [-0.25, -0.2) is 4.68 Å². The average Bonchev–Trinajstić information content (AvgIpc) is 3.46. The molecule has 9 heteroatoms. The fraction of sp³-hybridized carbons (Fsp3) is 0.310. The summed E-state index contributed by atoms with van der Waals surface area (Å²) in [5, 5.41) is 5.75. The molecule has 5 rings (SSSR count). The number of methoxy groups -OCH3 is 1. The summed E-state index contributed by atoms with van der Waals surface area (Å²) in [5.74, 6) is 0.992. The molecule has 1 saturated heterocycles. The molecule has 4 aromatic rings. The first-order valence-corrected chi connectivity index (χ1v) is 12.6. The van der Waals surface area contributed by atoms with Crippen LogP contribution in [0.1, 0.15) is 23.2 Å². The van der Waals surface area contributed by atoms with Crippen molar-refractivity contribution in [3.05, 3.63) is 94.2 Å². The second-order valence-corrected chi connectivity index (χ2v) is 9.29. The molecule has 9 nitrogen and oxygen atoms in total. The van der Waals surface area contributed by atoms with Crippen LogP contribution in [-0.2, 0) is 29.2 Å². The minimum absolute atomic E-state index is 0.00497. The highest BCUT2D eigenvalue weighted by Gasteiger charge is 2.21. The van der Waals surface area contributed by atoms with E-state index in [1.54, 1.807) is 30.5 Å². The van der Waals surface area contributed by atoms with Crippen LogP contribution in [0, 0.1) is 6.92 Å². The zero-order valence-corrected chi connectivity index (χ0v) is 21.5. The van der Waals surface area contributed by atoms with Crippen LogP contribution in [0.15, 0.2) is 71.8 Å². The molecular weight excluding hydrogens is 484 g/mol. The number of aryl methyl sites for hydroxylation is 1. The van der Waals surface area contributed by atoms with Gasteiger partial charge in [0.05, 0.1) is 31.4 Å². The summed E-state index contributed by atoms with van der Waals surface area (Å²) in [4.78, 5) is 32.6. The van der Waals surface area contributed by atoms with Crippen molar-refractivity contribution in [2.24, 2.45) is 0 Å². The van der Waals surface area contributed by atoms with Gasteiger partial charge in [0.15, 0.2) is 11.5 Å². The fourth-order valence-corrected chi connectivity index (χ4v) is 4.60. The van der Waals surface area contributed by atoms with E-state index in [0.29, 0.717) is 48.9 Å². The van der Waals surface area contributed by atoms with Gasteiger partial charge < -0.3 is 19.1 Å². The van der Waals surface area contributed by atoms with Gasteiger partial charge in [0.2, 0.25) is 5.91 Å². The Balaban J connectivity index is 1.41. The average molecular weight is 515 g/mol. The summed E-state index contributed by atoms with van der Waals surface area (Å²) >= 11 is 0. The molecule has 0 unspecified atom stereocenters. The van der Waals surface area contributed by atoms with Crippen LogP contribution in [-0.4, -0.2) is 52.0 Å². The number of rotatable bonds is 9. The van der Waals surface area contributed by atoms with Gasteiger partial charge in [0.25, 0.3) is 5.56 Å². The lowest BCUT2D eigenvalue weighted by atomic mass is 10.1. The summed E-state index contributed by atoms with van der Waals surface area (Å²) in [6, 6.07) is 16.7. The van der Waals surface area contributed by atoms with Gasteiger partial charge in [-0.15, -0.1) is 0 Å². The SMILES string of the molecule is COc1cc(CN(Cc2cccnc2)C(=O)Cn2nc(C)c3ccccc3c2=O)ccc1O[C@H]1CCOC1. The van der Waals surface area contributed by atoms with Crippen LogP contribution >= 0.6 is 0 Å². The summed E-state index contributed by atoms with van der Waals surface area (Å²) in [7, 11) is 1.59. The maximum absolute atomic E-state index is 13.6. The van der Waals surface area contributed by atoms with Crippen molar-refractivity contribution in [1.82, 2.24) is 19.7 Å². The quantitative estimate of drug-likeness (QED) is 0.337. The van der Waals surface area contributed by atoms with Crippen LogP contribution in [0.5, 0.6) is 11.5 Å². The summed E-state index contributed by atoms with van der Waals surface area (Å²) in [5.41, 5.74) is 2.15. The van der Waals surface area contributed by atoms with E-state index in [9.17, 15) is 9.59 Å². The Kier molecular flexibility index (Phi) is 7.65. The number of carbonyl (C=O) groups excluding carboxylic acids is 1. The Morgan fingerprint density at radius 1 is 1.08 bits per heavy atom. The maximum atomic E-state index is 13.6. The molecule has 3 heterocycles. The van der Waals surface area contributed by atoms with Crippen molar-refractivity contribution < 1.29 is 19.0 Å². The lowest BCUT2D eigenvalue weighted by Gasteiger charge is -2.24. The van der Waals surface area contributed by atoms with E-state index in [-0.39, 0.29) is 24.1 Å². The number of hydrogen-bond acceptors (Lipinski definition) is 7. The number of amides is 1. The first-order chi connectivity index (χ1) is 18.5. The molecule has 1 atom stereocenters.